The molecule has 3 aromatic carbocycles. The van der Waals surface area contributed by atoms with Gasteiger partial charge in [-0.1, -0.05) is 29.8 Å². The summed E-state index contributed by atoms with van der Waals surface area (Å²) in [5.41, 5.74) is 5.51. The first kappa shape index (κ1) is 23.9. The number of rotatable bonds is 11. The van der Waals surface area contributed by atoms with E-state index in [0.717, 1.165) is 22.4 Å². The third-order valence-corrected chi connectivity index (χ3v) is 4.91. The molecule has 0 bridgehead atoms. The molecule has 0 aromatic heterocycles. The molecule has 0 aliphatic heterocycles. The van der Waals surface area contributed by atoms with Crippen LogP contribution in [0.15, 0.2) is 65.8 Å². The van der Waals surface area contributed by atoms with E-state index in [2.05, 4.69) is 10.5 Å². The van der Waals surface area contributed by atoms with Crippen molar-refractivity contribution in [1.29, 1.82) is 0 Å². The molecule has 0 amide bonds. The highest BCUT2D eigenvalue weighted by Crippen LogP contribution is 2.37. The minimum absolute atomic E-state index is 0.0229. The first-order chi connectivity index (χ1) is 16.0. The summed E-state index contributed by atoms with van der Waals surface area (Å²) in [6.45, 7) is 2.98. The fourth-order valence-electron chi connectivity index (χ4n) is 3.03. The van der Waals surface area contributed by atoms with Crippen molar-refractivity contribution in [2.24, 2.45) is 5.10 Å². The summed E-state index contributed by atoms with van der Waals surface area (Å²) in [7, 11) is 1.63. The van der Waals surface area contributed by atoms with Crippen molar-refractivity contribution < 1.29 is 19.1 Å². The highest BCUT2D eigenvalue weighted by Gasteiger charge is 2.13. The molecule has 3 rings (SSSR count). The summed E-state index contributed by atoms with van der Waals surface area (Å²) in [5.74, 6) is 1.67. The van der Waals surface area contributed by atoms with Gasteiger partial charge in [0.1, 0.15) is 12.4 Å². The Bertz CT molecular complexity index is 1120. The highest BCUT2D eigenvalue weighted by atomic mass is 35.5. The smallest absolute Gasteiger partial charge is 0.269 e. The lowest BCUT2D eigenvalue weighted by Gasteiger charge is -2.14. The Labute approximate surface area is 196 Å². The second-order valence-electron chi connectivity index (χ2n) is 6.88. The SMILES string of the molecule is CCOc1cc(/C=N\NCc2ccccc2OC)cc(Cl)c1OCc1ccc([N+](=O)[O-])cc1. The maximum absolute atomic E-state index is 10.8. The average Bonchev–Trinajstić information content (AvgIpc) is 2.82. The van der Waals surface area contributed by atoms with Gasteiger partial charge in [-0.25, -0.2) is 0 Å². The average molecular weight is 470 g/mol. The predicted molar refractivity (Wildman–Crippen MR) is 127 cm³/mol. The lowest BCUT2D eigenvalue weighted by molar-refractivity contribution is -0.384. The van der Waals surface area contributed by atoms with Crippen LogP contribution < -0.4 is 19.6 Å². The maximum atomic E-state index is 10.8. The van der Waals surface area contributed by atoms with Gasteiger partial charge in [0.05, 0.1) is 36.4 Å². The molecule has 0 aliphatic rings. The molecule has 0 unspecified atom stereocenters. The van der Waals surface area contributed by atoms with Gasteiger partial charge in [-0.3, -0.25) is 10.1 Å². The molecule has 9 heteroatoms. The molecule has 0 heterocycles. The molecule has 0 atom stereocenters. The standard InChI is InChI=1S/C24H24ClN3O5/c1-3-32-23-13-18(14-26-27-15-19-6-4-5-7-22(19)31-2)12-21(25)24(23)33-16-17-8-10-20(11-9-17)28(29)30/h4-14,27H,3,15-16H2,1-2H3/b26-14-. The summed E-state index contributed by atoms with van der Waals surface area (Å²) in [6.07, 6.45) is 1.64. The quantitative estimate of drug-likeness (QED) is 0.231. The second kappa shape index (κ2) is 11.7. The molecular weight excluding hydrogens is 446 g/mol. The second-order valence-corrected chi connectivity index (χ2v) is 7.29. The number of hydrazone groups is 1. The van der Waals surface area contributed by atoms with Gasteiger partial charge in [-0.05, 0) is 48.4 Å². The van der Waals surface area contributed by atoms with Crippen molar-refractivity contribution in [1.82, 2.24) is 5.43 Å². The molecule has 0 aliphatic carbocycles. The topological polar surface area (TPSA) is 95.2 Å². The van der Waals surface area contributed by atoms with E-state index in [1.165, 1.54) is 12.1 Å². The number of nitro groups is 1. The van der Waals surface area contributed by atoms with Crippen LogP contribution in [0, 0.1) is 10.1 Å². The first-order valence-corrected chi connectivity index (χ1v) is 10.6. The van der Waals surface area contributed by atoms with Crippen molar-refractivity contribution in [3.63, 3.8) is 0 Å². The molecule has 0 saturated carbocycles. The van der Waals surface area contributed by atoms with E-state index in [9.17, 15) is 10.1 Å². The van der Waals surface area contributed by atoms with Crippen LogP contribution in [0.2, 0.25) is 5.02 Å². The van der Waals surface area contributed by atoms with E-state index in [1.54, 1.807) is 37.6 Å². The Morgan fingerprint density at radius 3 is 2.55 bits per heavy atom. The van der Waals surface area contributed by atoms with E-state index in [-0.39, 0.29) is 12.3 Å². The number of halogens is 1. The summed E-state index contributed by atoms with van der Waals surface area (Å²) in [6, 6.07) is 17.4. The number of ether oxygens (including phenoxy) is 3. The molecule has 172 valence electrons. The zero-order valence-electron chi connectivity index (χ0n) is 18.3. The Balaban J connectivity index is 1.68. The highest BCUT2D eigenvalue weighted by molar-refractivity contribution is 6.32. The molecule has 3 aromatic rings. The zero-order chi connectivity index (χ0) is 23.6. The van der Waals surface area contributed by atoms with Crippen LogP contribution in [0.25, 0.3) is 0 Å². The van der Waals surface area contributed by atoms with Crippen LogP contribution in [-0.4, -0.2) is 24.9 Å². The van der Waals surface area contributed by atoms with Gasteiger partial charge in [-0.15, -0.1) is 0 Å². The minimum Gasteiger partial charge on any atom is -0.496 e. The molecule has 0 spiro atoms. The first-order valence-electron chi connectivity index (χ1n) is 10.2. The van der Waals surface area contributed by atoms with Gasteiger partial charge >= 0.3 is 0 Å². The van der Waals surface area contributed by atoms with E-state index >= 15 is 0 Å². The van der Waals surface area contributed by atoms with Crippen LogP contribution in [0.1, 0.15) is 23.6 Å². The van der Waals surface area contributed by atoms with E-state index in [1.807, 2.05) is 31.2 Å². The van der Waals surface area contributed by atoms with Crippen LogP contribution in [0.3, 0.4) is 0 Å². The number of hydrogen-bond donors (Lipinski definition) is 1. The van der Waals surface area contributed by atoms with Crippen LogP contribution in [0.4, 0.5) is 5.69 Å². The van der Waals surface area contributed by atoms with Crippen molar-refractivity contribution in [3.05, 3.63) is 92.5 Å². The molecule has 0 radical (unpaired) electrons. The fraction of sp³-hybridized carbons (Fsp3) is 0.208. The summed E-state index contributed by atoms with van der Waals surface area (Å²) in [4.78, 5) is 10.4. The number of non-ortho nitro benzene ring substituents is 1. The molecule has 33 heavy (non-hydrogen) atoms. The van der Waals surface area contributed by atoms with Crippen molar-refractivity contribution in [2.45, 2.75) is 20.1 Å². The molecule has 0 saturated heterocycles. The third-order valence-electron chi connectivity index (χ3n) is 4.63. The summed E-state index contributed by atoms with van der Waals surface area (Å²) in [5, 5.41) is 15.4. The summed E-state index contributed by atoms with van der Waals surface area (Å²) >= 11 is 6.46. The zero-order valence-corrected chi connectivity index (χ0v) is 19.0. The molecular formula is C24H24ClN3O5. The van der Waals surface area contributed by atoms with Crippen LogP contribution >= 0.6 is 11.6 Å². The normalized spacial score (nSPS) is 10.8. The molecule has 8 nitrogen and oxygen atoms in total. The Hall–Kier alpha value is -3.78. The number of hydrogen-bond acceptors (Lipinski definition) is 7. The fourth-order valence-corrected chi connectivity index (χ4v) is 3.31. The Kier molecular flexibility index (Phi) is 8.49. The molecule has 1 N–H and O–H groups in total. The van der Waals surface area contributed by atoms with Gasteiger partial charge in [-0.2, -0.15) is 5.10 Å². The number of benzene rings is 3. The number of nitrogens with one attached hydrogen (secondary N) is 1. The van der Waals surface area contributed by atoms with Crippen LogP contribution in [0.5, 0.6) is 17.2 Å². The van der Waals surface area contributed by atoms with Crippen molar-refractivity contribution >= 4 is 23.5 Å². The van der Waals surface area contributed by atoms with Crippen molar-refractivity contribution in [3.8, 4) is 17.2 Å². The van der Waals surface area contributed by atoms with E-state index in [0.29, 0.717) is 29.7 Å². The lowest BCUT2D eigenvalue weighted by Crippen LogP contribution is -2.07. The van der Waals surface area contributed by atoms with Crippen LogP contribution in [-0.2, 0) is 13.2 Å². The number of methoxy groups -OCH3 is 1. The third kappa shape index (κ3) is 6.60. The summed E-state index contributed by atoms with van der Waals surface area (Å²) < 4.78 is 16.9. The number of para-hydroxylation sites is 1. The molecule has 0 fully saturated rings. The van der Waals surface area contributed by atoms with Gasteiger partial charge in [0.2, 0.25) is 0 Å². The largest absolute Gasteiger partial charge is 0.496 e. The van der Waals surface area contributed by atoms with Gasteiger partial charge < -0.3 is 19.6 Å². The van der Waals surface area contributed by atoms with E-state index in [4.69, 9.17) is 25.8 Å². The Morgan fingerprint density at radius 1 is 1.09 bits per heavy atom. The lowest BCUT2D eigenvalue weighted by atomic mass is 10.2. The number of nitrogens with zero attached hydrogens (tertiary/aromatic N) is 2. The van der Waals surface area contributed by atoms with Gasteiger partial charge in [0.25, 0.3) is 5.69 Å². The number of nitro benzene ring substituents is 1. The van der Waals surface area contributed by atoms with Gasteiger partial charge in [0.15, 0.2) is 11.5 Å². The predicted octanol–water partition coefficient (Wildman–Crippen LogP) is 5.36. The Morgan fingerprint density at radius 2 is 1.85 bits per heavy atom. The van der Waals surface area contributed by atoms with E-state index < -0.39 is 4.92 Å². The minimum atomic E-state index is -0.444. The maximum Gasteiger partial charge on any atom is 0.269 e. The monoisotopic (exact) mass is 469 g/mol. The van der Waals surface area contributed by atoms with Gasteiger partial charge in [0, 0.05) is 17.7 Å². The van der Waals surface area contributed by atoms with Crippen molar-refractivity contribution in [2.75, 3.05) is 13.7 Å².